The minimum Gasteiger partial charge on any atom is -0.497 e. The van der Waals surface area contributed by atoms with Crippen molar-refractivity contribution in [2.45, 2.75) is 25.4 Å². The molecule has 0 amide bonds. The maximum absolute atomic E-state index is 5.28. The second-order valence-corrected chi connectivity index (χ2v) is 5.06. The second kappa shape index (κ2) is 5.05. The van der Waals surface area contributed by atoms with Gasteiger partial charge in [0.05, 0.1) is 12.8 Å². The van der Waals surface area contributed by atoms with E-state index in [0.29, 0.717) is 6.04 Å². The largest absolute Gasteiger partial charge is 0.497 e. The molecule has 0 radical (unpaired) electrons. The Bertz CT molecular complexity index is 573. The maximum Gasteiger partial charge on any atom is 0.119 e. The Labute approximate surface area is 113 Å². The van der Waals surface area contributed by atoms with E-state index in [4.69, 9.17) is 4.74 Å². The van der Waals surface area contributed by atoms with Gasteiger partial charge in [0, 0.05) is 37.0 Å². The summed E-state index contributed by atoms with van der Waals surface area (Å²) < 4.78 is 7.15. The van der Waals surface area contributed by atoms with E-state index in [0.717, 1.165) is 23.6 Å². The normalized spacial score (nSPS) is 14.6. The minimum absolute atomic E-state index is 0.707. The van der Waals surface area contributed by atoms with Crippen LogP contribution in [0.3, 0.4) is 0 Å². The van der Waals surface area contributed by atoms with Crippen LogP contribution >= 0.6 is 0 Å². The summed E-state index contributed by atoms with van der Waals surface area (Å²) >= 11 is 0. The predicted molar refractivity (Wildman–Crippen MR) is 75.1 cm³/mol. The fourth-order valence-corrected chi connectivity index (χ4v) is 2.22. The van der Waals surface area contributed by atoms with Crippen LogP contribution in [0.5, 0.6) is 5.75 Å². The van der Waals surface area contributed by atoms with Gasteiger partial charge in [-0.2, -0.15) is 5.10 Å². The van der Waals surface area contributed by atoms with Gasteiger partial charge in [-0.15, -0.1) is 0 Å². The van der Waals surface area contributed by atoms with Gasteiger partial charge in [-0.05, 0) is 25.0 Å². The first-order chi connectivity index (χ1) is 9.26. The molecule has 100 valence electrons. The molecule has 1 aromatic heterocycles. The molecule has 0 unspecified atom stereocenters. The Kier molecular flexibility index (Phi) is 3.25. The number of methoxy groups -OCH3 is 1. The van der Waals surface area contributed by atoms with Gasteiger partial charge in [0.15, 0.2) is 0 Å². The Morgan fingerprint density at radius 2 is 2.26 bits per heavy atom. The molecule has 1 aliphatic carbocycles. The van der Waals surface area contributed by atoms with Crippen molar-refractivity contribution in [3.63, 3.8) is 0 Å². The zero-order chi connectivity index (χ0) is 13.2. The summed E-state index contributed by atoms with van der Waals surface area (Å²) in [5.74, 6) is 0.865. The second-order valence-electron chi connectivity index (χ2n) is 5.06. The molecule has 4 nitrogen and oxygen atoms in total. The summed E-state index contributed by atoms with van der Waals surface area (Å²) in [5.41, 5.74) is 3.38. The van der Waals surface area contributed by atoms with Crippen LogP contribution in [0.2, 0.25) is 0 Å². The number of ether oxygens (including phenoxy) is 1. The van der Waals surface area contributed by atoms with E-state index < -0.39 is 0 Å². The van der Waals surface area contributed by atoms with Crippen LogP contribution in [0.1, 0.15) is 18.4 Å². The molecular formula is C15H19N3O. The molecule has 3 rings (SSSR count). The van der Waals surface area contributed by atoms with Crippen LogP contribution in [0.25, 0.3) is 11.3 Å². The van der Waals surface area contributed by atoms with Crippen molar-refractivity contribution in [3.8, 4) is 17.0 Å². The van der Waals surface area contributed by atoms with Crippen molar-refractivity contribution in [2.24, 2.45) is 7.05 Å². The average molecular weight is 257 g/mol. The van der Waals surface area contributed by atoms with Crippen LogP contribution in [-0.4, -0.2) is 22.9 Å². The quantitative estimate of drug-likeness (QED) is 0.893. The molecule has 0 atom stereocenters. The lowest BCUT2D eigenvalue weighted by atomic mass is 10.1. The van der Waals surface area contributed by atoms with Crippen molar-refractivity contribution in [1.29, 1.82) is 0 Å². The highest BCUT2D eigenvalue weighted by Gasteiger charge is 2.21. The molecule has 0 bridgehead atoms. The number of aromatic nitrogens is 2. The monoisotopic (exact) mass is 257 g/mol. The molecule has 1 heterocycles. The number of hydrogen-bond acceptors (Lipinski definition) is 3. The van der Waals surface area contributed by atoms with E-state index in [-0.39, 0.29) is 0 Å². The zero-order valence-electron chi connectivity index (χ0n) is 11.4. The van der Waals surface area contributed by atoms with Gasteiger partial charge in [-0.1, -0.05) is 12.1 Å². The molecular weight excluding hydrogens is 238 g/mol. The van der Waals surface area contributed by atoms with Crippen LogP contribution in [0.15, 0.2) is 30.5 Å². The van der Waals surface area contributed by atoms with Crippen molar-refractivity contribution >= 4 is 0 Å². The summed E-state index contributed by atoms with van der Waals surface area (Å²) in [6.45, 7) is 0.880. The zero-order valence-corrected chi connectivity index (χ0v) is 11.4. The van der Waals surface area contributed by atoms with Gasteiger partial charge in [-0.25, -0.2) is 0 Å². The van der Waals surface area contributed by atoms with E-state index >= 15 is 0 Å². The first-order valence-electron chi connectivity index (χ1n) is 6.66. The van der Waals surface area contributed by atoms with Crippen LogP contribution in [-0.2, 0) is 13.6 Å². The molecule has 1 fully saturated rings. The summed E-state index contributed by atoms with van der Waals surface area (Å²) in [5, 5.41) is 8.12. The van der Waals surface area contributed by atoms with E-state index in [2.05, 4.69) is 22.7 Å². The number of nitrogens with one attached hydrogen (secondary N) is 1. The average Bonchev–Trinajstić information content (AvgIpc) is 3.19. The fraction of sp³-hybridized carbons (Fsp3) is 0.400. The molecule has 1 saturated carbocycles. The summed E-state index contributed by atoms with van der Waals surface area (Å²) in [4.78, 5) is 0. The van der Waals surface area contributed by atoms with Gasteiger partial charge in [0.25, 0.3) is 0 Å². The summed E-state index contributed by atoms with van der Waals surface area (Å²) in [6.07, 6.45) is 4.69. The molecule has 1 aliphatic rings. The molecule has 19 heavy (non-hydrogen) atoms. The van der Waals surface area contributed by atoms with Crippen LogP contribution < -0.4 is 10.1 Å². The number of benzene rings is 1. The van der Waals surface area contributed by atoms with Crippen molar-refractivity contribution in [3.05, 3.63) is 36.0 Å². The SMILES string of the molecule is COc1cccc(-c2nn(C)cc2CNC2CC2)c1. The van der Waals surface area contributed by atoms with Crippen LogP contribution in [0, 0.1) is 0 Å². The van der Waals surface area contributed by atoms with E-state index in [1.807, 2.05) is 29.9 Å². The van der Waals surface area contributed by atoms with Crippen LogP contribution in [0.4, 0.5) is 0 Å². The first kappa shape index (κ1) is 12.2. The maximum atomic E-state index is 5.28. The van der Waals surface area contributed by atoms with E-state index in [1.54, 1.807) is 7.11 Å². The topological polar surface area (TPSA) is 39.1 Å². The third kappa shape index (κ3) is 2.79. The highest BCUT2D eigenvalue weighted by Crippen LogP contribution is 2.26. The molecule has 0 aliphatic heterocycles. The number of rotatable bonds is 5. The smallest absolute Gasteiger partial charge is 0.119 e. The molecule has 4 heteroatoms. The molecule has 1 aromatic carbocycles. The van der Waals surface area contributed by atoms with Gasteiger partial charge in [0.2, 0.25) is 0 Å². The molecule has 0 saturated heterocycles. The van der Waals surface area contributed by atoms with Gasteiger partial charge in [0.1, 0.15) is 5.75 Å². The Morgan fingerprint density at radius 3 is 3.00 bits per heavy atom. The molecule has 2 aromatic rings. The molecule has 1 N–H and O–H groups in total. The lowest BCUT2D eigenvalue weighted by Crippen LogP contribution is -2.15. The predicted octanol–water partition coefficient (Wildman–Crippen LogP) is 2.35. The first-order valence-corrected chi connectivity index (χ1v) is 6.66. The van der Waals surface area contributed by atoms with E-state index in [9.17, 15) is 0 Å². The lowest BCUT2D eigenvalue weighted by molar-refractivity contribution is 0.415. The van der Waals surface area contributed by atoms with Gasteiger partial charge >= 0.3 is 0 Å². The fourth-order valence-electron chi connectivity index (χ4n) is 2.22. The number of nitrogens with zero attached hydrogens (tertiary/aromatic N) is 2. The summed E-state index contributed by atoms with van der Waals surface area (Å²) in [7, 11) is 3.65. The lowest BCUT2D eigenvalue weighted by Gasteiger charge is -2.05. The third-order valence-corrected chi connectivity index (χ3v) is 3.41. The Balaban J connectivity index is 1.88. The Morgan fingerprint density at radius 1 is 1.42 bits per heavy atom. The third-order valence-electron chi connectivity index (χ3n) is 3.41. The number of aryl methyl sites for hydroxylation is 1. The Hall–Kier alpha value is -1.81. The number of hydrogen-bond donors (Lipinski definition) is 1. The summed E-state index contributed by atoms with van der Waals surface area (Å²) in [6, 6.07) is 8.77. The van der Waals surface area contributed by atoms with Crippen molar-refractivity contribution in [2.75, 3.05) is 7.11 Å². The highest BCUT2D eigenvalue weighted by molar-refractivity contribution is 5.64. The van der Waals surface area contributed by atoms with Gasteiger partial charge < -0.3 is 10.1 Å². The van der Waals surface area contributed by atoms with Crippen molar-refractivity contribution < 1.29 is 4.74 Å². The van der Waals surface area contributed by atoms with Crippen molar-refractivity contribution in [1.82, 2.24) is 15.1 Å². The highest BCUT2D eigenvalue weighted by atomic mass is 16.5. The minimum atomic E-state index is 0.707. The van der Waals surface area contributed by atoms with E-state index in [1.165, 1.54) is 18.4 Å². The molecule has 0 spiro atoms. The standard InChI is InChI=1S/C15H19N3O/c1-18-10-12(9-16-13-6-7-13)15(17-18)11-4-3-5-14(8-11)19-2/h3-5,8,10,13,16H,6-7,9H2,1-2H3. The van der Waals surface area contributed by atoms with Gasteiger partial charge in [-0.3, -0.25) is 4.68 Å².